The Balaban J connectivity index is 2.40. The zero-order valence-corrected chi connectivity index (χ0v) is 3.72. The number of hydroxylamine groups is 1. The Morgan fingerprint density at radius 3 is 2.71 bits per heavy atom. The quantitative estimate of drug-likeness (QED) is 0.417. The van der Waals surface area contributed by atoms with Gasteiger partial charge in [0.15, 0.2) is 0 Å². The highest BCUT2D eigenvalue weighted by atomic mass is 16.5. The number of nitrogens with one attached hydrogen (secondary N) is 1. The number of carbonyl (C=O) groups is 1. The third kappa shape index (κ3) is 0.880. The summed E-state index contributed by atoms with van der Waals surface area (Å²) >= 11 is 0. The average Bonchev–Trinajstić information content (AvgIpc) is 1.87. The molecule has 0 bridgehead atoms. The van der Waals surface area contributed by atoms with Crippen LogP contribution in [0.5, 0.6) is 0 Å². The minimum atomic E-state index is -0.123. The number of hydrazine groups is 1. The van der Waals surface area contributed by atoms with Crippen molar-refractivity contribution in [1.82, 2.24) is 10.6 Å². The standard InChI is InChI=1S/C3H6N2O2/c6-3-1-2-5(7)4-3/h7H,1-2H2,(H,4,6). The minimum Gasteiger partial charge on any atom is -0.294 e. The molecule has 2 N–H and O–H groups in total. The van der Waals surface area contributed by atoms with E-state index in [1.807, 2.05) is 0 Å². The zero-order valence-electron chi connectivity index (χ0n) is 3.72. The van der Waals surface area contributed by atoms with Crippen LogP contribution in [0.1, 0.15) is 6.42 Å². The highest BCUT2D eigenvalue weighted by molar-refractivity contribution is 5.76. The van der Waals surface area contributed by atoms with Gasteiger partial charge in [0.05, 0.1) is 6.54 Å². The Kier molecular flexibility index (Phi) is 0.958. The number of hydrogen-bond donors (Lipinski definition) is 2. The summed E-state index contributed by atoms with van der Waals surface area (Å²) < 4.78 is 0. The molecule has 0 radical (unpaired) electrons. The normalized spacial score (nSPS) is 22.7. The number of carbonyl (C=O) groups excluding carboxylic acids is 1. The first-order chi connectivity index (χ1) is 3.29. The van der Waals surface area contributed by atoms with Gasteiger partial charge in [-0.25, -0.2) is 0 Å². The van der Waals surface area contributed by atoms with Gasteiger partial charge in [-0.1, -0.05) is 0 Å². The molecule has 1 aliphatic heterocycles. The van der Waals surface area contributed by atoms with E-state index in [0.29, 0.717) is 13.0 Å². The summed E-state index contributed by atoms with van der Waals surface area (Å²) in [4.78, 5) is 10.1. The molecule has 1 rings (SSSR count). The third-order valence-corrected chi connectivity index (χ3v) is 0.804. The topological polar surface area (TPSA) is 52.6 Å². The predicted octanol–water partition coefficient (Wildman–Crippen LogP) is -0.888. The van der Waals surface area contributed by atoms with Crippen LogP contribution < -0.4 is 5.43 Å². The van der Waals surface area contributed by atoms with Gasteiger partial charge in [-0.05, 0) is 0 Å². The Bertz CT molecular complexity index is 92.9. The van der Waals surface area contributed by atoms with Gasteiger partial charge in [-0.3, -0.25) is 15.4 Å². The average molecular weight is 102 g/mol. The van der Waals surface area contributed by atoms with Crippen molar-refractivity contribution < 1.29 is 10.0 Å². The molecule has 1 heterocycles. The zero-order chi connectivity index (χ0) is 5.28. The van der Waals surface area contributed by atoms with Gasteiger partial charge in [0.2, 0.25) is 5.91 Å². The predicted molar refractivity (Wildman–Crippen MR) is 21.3 cm³/mol. The van der Waals surface area contributed by atoms with Crippen LogP contribution in [-0.2, 0) is 4.79 Å². The molecule has 0 unspecified atom stereocenters. The lowest BCUT2D eigenvalue weighted by atomic mass is 10.5. The highest BCUT2D eigenvalue weighted by Crippen LogP contribution is 1.91. The molecular weight excluding hydrogens is 96.0 g/mol. The second-order valence-corrected chi connectivity index (χ2v) is 1.41. The summed E-state index contributed by atoms with van der Waals surface area (Å²) in [6.45, 7) is 0.402. The van der Waals surface area contributed by atoms with Gasteiger partial charge in [0.25, 0.3) is 0 Å². The maximum atomic E-state index is 10.1. The van der Waals surface area contributed by atoms with E-state index in [1.54, 1.807) is 0 Å². The van der Waals surface area contributed by atoms with Crippen molar-refractivity contribution in [3.8, 4) is 0 Å². The van der Waals surface area contributed by atoms with Gasteiger partial charge in [-0.15, -0.1) is 5.17 Å². The maximum Gasteiger partial charge on any atom is 0.237 e. The molecule has 1 saturated heterocycles. The van der Waals surface area contributed by atoms with Crippen LogP contribution in [0, 0.1) is 0 Å². The molecule has 0 saturated carbocycles. The van der Waals surface area contributed by atoms with Crippen LogP contribution in [0.2, 0.25) is 0 Å². The van der Waals surface area contributed by atoms with E-state index in [-0.39, 0.29) is 5.91 Å². The van der Waals surface area contributed by atoms with E-state index in [2.05, 4.69) is 5.43 Å². The maximum absolute atomic E-state index is 10.1. The van der Waals surface area contributed by atoms with Gasteiger partial charge in [0.1, 0.15) is 0 Å². The van der Waals surface area contributed by atoms with Crippen LogP contribution >= 0.6 is 0 Å². The van der Waals surface area contributed by atoms with Crippen LogP contribution in [0.3, 0.4) is 0 Å². The molecule has 1 aliphatic rings. The molecule has 7 heavy (non-hydrogen) atoms. The van der Waals surface area contributed by atoms with Crippen LogP contribution in [0.4, 0.5) is 0 Å². The Morgan fingerprint density at radius 1 is 1.86 bits per heavy atom. The molecule has 0 aromatic carbocycles. The fourth-order valence-electron chi connectivity index (χ4n) is 0.463. The lowest BCUT2D eigenvalue weighted by Gasteiger charge is -2.00. The summed E-state index contributed by atoms with van der Waals surface area (Å²) in [6.07, 6.45) is 0.399. The molecule has 0 aliphatic carbocycles. The number of amides is 1. The number of nitrogens with zero attached hydrogens (tertiary/aromatic N) is 1. The van der Waals surface area contributed by atoms with Gasteiger partial charge in [0, 0.05) is 6.42 Å². The molecule has 0 spiro atoms. The number of rotatable bonds is 0. The van der Waals surface area contributed by atoms with E-state index in [9.17, 15) is 4.79 Å². The Labute approximate surface area is 40.7 Å². The smallest absolute Gasteiger partial charge is 0.237 e. The lowest BCUT2D eigenvalue weighted by molar-refractivity contribution is -0.139. The fraction of sp³-hybridized carbons (Fsp3) is 0.667. The summed E-state index contributed by atoms with van der Waals surface area (Å²) in [6, 6.07) is 0. The molecule has 4 heteroatoms. The van der Waals surface area contributed by atoms with E-state index in [1.165, 1.54) is 0 Å². The number of hydrogen-bond acceptors (Lipinski definition) is 3. The van der Waals surface area contributed by atoms with Crippen molar-refractivity contribution in [2.45, 2.75) is 6.42 Å². The fourth-order valence-corrected chi connectivity index (χ4v) is 0.463. The van der Waals surface area contributed by atoms with Crippen molar-refractivity contribution >= 4 is 5.91 Å². The summed E-state index contributed by atoms with van der Waals surface area (Å²) in [5.41, 5.74) is 2.17. The van der Waals surface area contributed by atoms with Crippen molar-refractivity contribution in [1.29, 1.82) is 0 Å². The van der Waals surface area contributed by atoms with Crippen molar-refractivity contribution in [2.24, 2.45) is 0 Å². The first kappa shape index (κ1) is 4.55. The van der Waals surface area contributed by atoms with Crippen LogP contribution in [-0.4, -0.2) is 22.8 Å². The highest BCUT2D eigenvalue weighted by Gasteiger charge is 2.14. The second kappa shape index (κ2) is 1.48. The van der Waals surface area contributed by atoms with Crippen molar-refractivity contribution in [3.63, 3.8) is 0 Å². The van der Waals surface area contributed by atoms with E-state index in [4.69, 9.17) is 5.21 Å². The third-order valence-electron chi connectivity index (χ3n) is 0.804. The van der Waals surface area contributed by atoms with Crippen molar-refractivity contribution in [2.75, 3.05) is 6.54 Å². The SMILES string of the molecule is O=C1CCN(O)N1. The monoisotopic (exact) mass is 102 g/mol. The van der Waals surface area contributed by atoms with Crippen LogP contribution in [0.25, 0.3) is 0 Å². The van der Waals surface area contributed by atoms with Crippen LogP contribution in [0.15, 0.2) is 0 Å². The molecule has 40 valence electrons. The Morgan fingerprint density at radius 2 is 2.57 bits per heavy atom. The summed E-state index contributed by atoms with van der Waals surface area (Å²) in [7, 11) is 0. The summed E-state index contributed by atoms with van der Waals surface area (Å²) in [5.74, 6) is -0.123. The van der Waals surface area contributed by atoms with E-state index >= 15 is 0 Å². The lowest BCUT2D eigenvalue weighted by Crippen LogP contribution is -2.29. The van der Waals surface area contributed by atoms with E-state index in [0.717, 1.165) is 5.17 Å². The molecule has 0 atom stereocenters. The molecule has 1 amide bonds. The minimum absolute atomic E-state index is 0.123. The Hall–Kier alpha value is -0.610. The largest absolute Gasteiger partial charge is 0.294 e. The van der Waals surface area contributed by atoms with Gasteiger partial charge in [-0.2, -0.15) is 0 Å². The van der Waals surface area contributed by atoms with E-state index < -0.39 is 0 Å². The summed E-state index contributed by atoms with van der Waals surface area (Å²) in [5, 5.41) is 9.18. The molecule has 0 aromatic rings. The van der Waals surface area contributed by atoms with Crippen molar-refractivity contribution in [3.05, 3.63) is 0 Å². The first-order valence-electron chi connectivity index (χ1n) is 2.05. The first-order valence-corrected chi connectivity index (χ1v) is 2.05. The molecule has 1 fully saturated rings. The second-order valence-electron chi connectivity index (χ2n) is 1.41. The molecule has 4 nitrogen and oxygen atoms in total. The molecular formula is C3H6N2O2. The van der Waals surface area contributed by atoms with Gasteiger partial charge >= 0.3 is 0 Å². The molecule has 0 aromatic heterocycles. The van der Waals surface area contributed by atoms with Gasteiger partial charge < -0.3 is 0 Å².